The van der Waals surface area contributed by atoms with E-state index in [2.05, 4.69) is 11.1 Å². The molecule has 2 rings (SSSR count). The summed E-state index contributed by atoms with van der Waals surface area (Å²) in [5, 5.41) is 10.3. The van der Waals surface area contributed by atoms with Gasteiger partial charge in [0.2, 0.25) is 0 Å². The Balaban J connectivity index is 2.45. The monoisotopic (exact) mass is 274 g/mol. The lowest BCUT2D eigenvalue weighted by molar-refractivity contribution is 1.31. The number of rotatable bonds is 2. The van der Waals surface area contributed by atoms with E-state index in [0.717, 1.165) is 11.1 Å². The quantitative estimate of drug-likeness (QED) is 0.759. The van der Waals surface area contributed by atoms with E-state index in [0.29, 0.717) is 15.6 Å². The molecule has 0 atom stereocenters. The molecule has 0 radical (unpaired) electrons. The third kappa shape index (κ3) is 2.89. The van der Waals surface area contributed by atoms with Gasteiger partial charge in [0, 0.05) is 28.0 Å². The van der Waals surface area contributed by atoms with Gasteiger partial charge in [-0.15, -0.1) is 0 Å². The maximum atomic E-state index is 9.17. The van der Waals surface area contributed by atoms with Crippen molar-refractivity contribution >= 4 is 34.9 Å². The Labute approximate surface area is 115 Å². The van der Waals surface area contributed by atoms with Crippen molar-refractivity contribution in [1.82, 2.24) is 4.98 Å². The highest BCUT2D eigenvalue weighted by Gasteiger charge is 2.03. The predicted molar refractivity (Wildman–Crippen MR) is 74.2 cm³/mol. The summed E-state index contributed by atoms with van der Waals surface area (Å²) >= 11 is 11.9. The molecule has 88 valence electrons. The minimum absolute atomic E-state index is 0.507. The lowest BCUT2D eigenvalue weighted by Gasteiger charge is -2.01. The summed E-state index contributed by atoms with van der Waals surface area (Å²) in [7, 11) is 0. The summed E-state index contributed by atoms with van der Waals surface area (Å²) in [5.41, 5.74) is 2.01. The number of hydrogen-bond acceptors (Lipinski definition) is 2. The number of aromatic nitrogens is 1. The number of nitrogens with zero attached hydrogens (tertiary/aromatic N) is 2. The van der Waals surface area contributed by atoms with Gasteiger partial charge in [0.15, 0.2) is 0 Å². The second kappa shape index (κ2) is 5.68. The lowest BCUT2D eigenvalue weighted by atomic mass is 10.1. The molecule has 1 aromatic carbocycles. The van der Waals surface area contributed by atoms with Crippen molar-refractivity contribution in [3.8, 4) is 6.07 Å². The van der Waals surface area contributed by atoms with Crippen LogP contribution in [0.1, 0.15) is 11.1 Å². The largest absolute Gasteiger partial charge is 0.264 e. The maximum Gasteiger partial charge on any atom is 0.0998 e. The molecule has 2 aromatic rings. The van der Waals surface area contributed by atoms with Crippen LogP contribution in [0.4, 0.5) is 0 Å². The van der Waals surface area contributed by atoms with E-state index >= 15 is 0 Å². The molecule has 0 bridgehead atoms. The summed E-state index contributed by atoms with van der Waals surface area (Å²) in [4.78, 5) is 3.99. The van der Waals surface area contributed by atoms with Gasteiger partial charge in [-0.2, -0.15) is 5.26 Å². The van der Waals surface area contributed by atoms with E-state index in [4.69, 9.17) is 23.2 Å². The normalized spacial score (nSPS) is 11.1. The third-order valence-electron chi connectivity index (χ3n) is 2.36. The number of benzene rings is 1. The zero-order valence-electron chi connectivity index (χ0n) is 9.27. The zero-order valence-corrected chi connectivity index (χ0v) is 10.8. The highest BCUT2D eigenvalue weighted by molar-refractivity contribution is 6.35. The summed E-state index contributed by atoms with van der Waals surface area (Å²) < 4.78 is 0. The highest BCUT2D eigenvalue weighted by Crippen LogP contribution is 2.25. The average Bonchev–Trinajstić information content (AvgIpc) is 2.39. The van der Waals surface area contributed by atoms with E-state index in [-0.39, 0.29) is 0 Å². The SMILES string of the molecule is N#CC(=Cc1ccc(Cl)cc1Cl)c1cccnc1. The third-order valence-corrected chi connectivity index (χ3v) is 2.92. The first-order valence-electron chi connectivity index (χ1n) is 5.18. The zero-order chi connectivity index (χ0) is 13.0. The van der Waals surface area contributed by atoms with Crippen molar-refractivity contribution in [2.45, 2.75) is 0 Å². The van der Waals surface area contributed by atoms with Gasteiger partial charge in [0.1, 0.15) is 0 Å². The molecule has 0 N–H and O–H groups in total. The van der Waals surface area contributed by atoms with Crippen molar-refractivity contribution in [2.75, 3.05) is 0 Å². The molecule has 0 aliphatic carbocycles. The van der Waals surface area contributed by atoms with Crippen molar-refractivity contribution in [3.63, 3.8) is 0 Å². The molecular weight excluding hydrogens is 267 g/mol. The first kappa shape index (κ1) is 12.6. The number of nitriles is 1. The molecule has 18 heavy (non-hydrogen) atoms. The molecule has 0 aliphatic rings. The van der Waals surface area contributed by atoms with Crippen LogP contribution in [0.25, 0.3) is 11.6 Å². The summed E-state index contributed by atoms with van der Waals surface area (Å²) in [5.74, 6) is 0. The molecule has 0 amide bonds. The first-order valence-corrected chi connectivity index (χ1v) is 5.93. The van der Waals surface area contributed by atoms with Crippen LogP contribution in [0.3, 0.4) is 0 Å². The molecule has 0 saturated heterocycles. The molecular formula is C14H8Cl2N2. The van der Waals surface area contributed by atoms with E-state index in [1.54, 1.807) is 42.7 Å². The lowest BCUT2D eigenvalue weighted by Crippen LogP contribution is -1.84. The van der Waals surface area contributed by atoms with Crippen LogP contribution in [-0.2, 0) is 0 Å². The fraction of sp³-hybridized carbons (Fsp3) is 0. The number of hydrogen-bond donors (Lipinski definition) is 0. The van der Waals surface area contributed by atoms with Gasteiger partial charge in [-0.3, -0.25) is 4.98 Å². The fourth-order valence-electron chi connectivity index (χ4n) is 1.48. The van der Waals surface area contributed by atoms with Crippen molar-refractivity contribution < 1.29 is 0 Å². The summed E-state index contributed by atoms with van der Waals surface area (Å²) in [6, 6.07) is 10.9. The van der Waals surface area contributed by atoms with Crippen LogP contribution in [0.2, 0.25) is 10.0 Å². The Kier molecular flexibility index (Phi) is 3.99. The van der Waals surface area contributed by atoms with E-state index < -0.39 is 0 Å². The van der Waals surface area contributed by atoms with Crippen LogP contribution in [0.15, 0.2) is 42.7 Å². The Bertz CT molecular complexity index is 628. The van der Waals surface area contributed by atoms with Gasteiger partial charge >= 0.3 is 0 Å². The van der Waals surface area contributed by atoms with E-state index in [1.807, 2.05) is 6.07 Å². The van der Waals surface area contributed by atoms with E-state index in [1.165, 1.54) is 0 Å². The van der Waals surface area contributed by atoms with E-state index in [9.17, 15) is 5.26 Å². The second-order valence-corrected chi connectivity index (χ2v) is 4.42. The summed E-state index contributed by atoms with van der Waals surface area (Å²) in [6.07, 6.45) is 5.02. The van der Waals surface area contributed by atoms with Gasteiger partial charge in [-0.1, -0.05) is 35.3 Å². The van der Waals surface area contributed by atoms with Crippen molar-refractivity contribution in [3.05, 3.63) is 63.9 Å². The topological polar surface area (TPSA) is 36.7 Å². The number of allylic oxidation sites excluding steroid dienone is 1. The predicted octanol–water partition coefficient (Wildman–Crippen LogP) is 4.45. The van der Waals surface area contributed by atoms with Crippen LogP contribution in [0.5, 0.6) is 0 Å². The number of halogens is 2. The van der Waals surface area contributed by atoms with Gasteiger partial charge in [0.05, 0.1) is 11.6 Å². The van der Waals surface area contributed by atoms with Gasteiger partial charge < -0.3 is 0 Å². The van der Waals surface area contributed by atoms with Crippen LogP contribution >= 0.6 is 23.2 Å². The smallest absolute Gasteiger partial charge is 0.0998 e. The molecule has 4 heteroatoms. The molecule has 0 saturated carbocycles. The molecule has 0 aliphatic heterocycles. The molecule has 2 nitrogen and oxygen atoms in total. The molecule has 0 fully saturated rings. The molecule has 0 unspecified atom stereocenters. The van der Waals surface area contributed by atoms with Crippen molar-refractivity contribution in [2.24, 2.45) is 0 Å². The average molecular weight is 275 g/mol. The van der Waals surface area contributed by atoms with Gasteiger partial charge in [-0.05, 0) is 29.8 Å². The summed E-state index contributed by atoms with van der Waals surface area (Å²) in [6.45, 7) is 0. The number of pyridine rings is 1. The Morgan fingerprint density at radius 2 is 2.11 bits per heavy atom. The van der Waals surface area contributed by atoms with Gasteiger partial charge in [-0.25, -0.2) is 0 Å². The van der Waals surface area contributed by atoms with Crippen LogP contribution in [-0.4, -0.2) is 4.98 Å². The highest BCUT2D eigenvalue weighted by atomic mass is 35.5. The second-order valence-electron chi connectivity index (χ2n) is 3.58. The molecule has 1 aromatic heterocycles. The standard InChI is InChI=1S/C14H8Cl2N2/c15-13-4-3-10(14(16)7-13)6-12(8-17)11-2-1-5-18-9-11/h1-7,9H. The fourth-order valence-corrected chi connectivity index (χ4v) is 1.94. The molecule has 0 spiro atoms. The van der Waals surface area contributed by atoms with Crippen LogP contribution in [0, 0.1) is 11.3 Å². The Morgan fingerprint density at radius 3 is 2.72 bits per heavy atom. The Morgan fingerprint density at radius 1 is 1.28 bits per heavy atom. The van der Waals surface area contributed by atoms with Crippen molar-refractivity contribution in [1.29, 1.82) is 5.26 Å². The maximum absolute atomic E-state index is 9.17. The molecule has 1 heterocycles. The van der Waals surface area contributed by atoms with Gasteiger partial charge in [0.25, 0.3) is 0 Å². The Hall–Kier alpha value is -1.82. The van der Waals surface area contributed by atoms with Crippen LogP contribution < -0.4 is 0 Å². The minimum Gasteiger partial charge on any atom is -0.264 e. The first-order chi connectivity index (χ1) is 8.70. The minimum atomic E-state index is 0.507.